The van der Waals surface area contributed by atoms with Gasteiger partial charge in [-0.05, 0) is 87.1 Å². The third-order valence-electron chi connectivity index (χ3n) is 12.0. The minimum absolute atomic E-state index is 0.00274. The first kappa shape index (κ1) is 42.6. The molecule has 3 aliphatic heterocycles. The number of carbonyl (C=O) groups excluding carboxylic acids is 3. The minimum Gasteiger partial charge on any atom is -0.453 e. The summed E-state index contributed by atoms with van der Waals surface area (Å²) in [6, 6.07) is 14.6. The zero-order valence-electron chi connectivity index (χ0n) is 36.2. The van der Waals surface area contributed by atoms with Crippen LogP contribution < -0.4 is 5.32 Å². The molecule has 5 aromatic rings. The third-order valence-corrected chi connectivity index (χ3v) is 12.0. The normalized spacial score (nSPS) is 19.5. The number of rotatable bonds is 11. The second-order valence-electron chi connectivity index (χ2n) is 17.5. The van der Waals surface area contributed by atoms with Gasteiger partial charge in [0.2, 0.25) is 5.91 Å². The molecule has 16 heteroatoms. The largest absolute Gasteiger partial charge is 0.453 e. The van der Waals surface area contributed by atoms with Gasteiger partial charge in [0.1, 0.15) is 17.5 Å². The van der Waals surface area contributed by atoms with Crippen molar-refractivity contribution in [1.82, 2.24) is 34.6 Å². The summed E-state index contributed by atoms with van der Waals surface area (Å²) in [5.41, 5.74) is 3.07. The molecule has 1 spiro atoms. The summed E-state index contributed by atoms with van der Waals surface area (Å²) >= 11 is 0. The van der Waals surface area contributed by atoms with Crippen molar-refractivity contribution in [3.63, 3.8) is 0 Å². The van der Waals surface area contributed by atoms with Gasteiger partial charge in [0.05, 0.1) is 56.3 Å². The topological polar surface area (TPSA) is 153 Å². The van der Waals surface area contributed by atoms with E-state index in [9.17, 15) is 14.4 Å². The Hall–Kier alpha value is -6.65. The number of methoxy groups -OCH3 is 1. The average molecular weight is 874 g/mol. The van der Waals surface area contributed by atoms with E-state index in [0.717, 1.165) is 12.2 Å². The number of carbonyl (C=O) groups is 3. The number of nitrogens with one attached hydrogen (secondary N) is 2. The van der Waals surface area contributed by atoms with Gasteiger partial charge in [0.15, 0.2) is 17.3 Å². The van der Waals surface area contributed by atoms with Crippen molar-refractivity contribution in [1.29, 1.82) is 0 Å². The number of halogens is 2. The number of imidazole rings is 2. The van der Waals surface area contributed by atoms with Crippen LogP contribution in [0.5, 0.6) is 0 Å². The van der Waals surface area contributed by atoms with Gasteiger partial charge in [-0.2, -0.15) is 8.78 Å². The lowest BCUT2D eigenvalue weighted by atomic mass is 9.98. The first-order valence-electron chi connectivity index (χ1n) is 21.2. The highest BCUT2D eigenvalue weighted by atomic mass is 19.3. The fraction of sp³-hybridized carbons (Fsp3) is 0.354. The quantitative estimate of drug-likeness (QED) is 0.125. The maximum absolute atomic E-state index is 16.6. The number of fused-ring (bicyclic) bond motifs is 7. The summed E-state index contributed by atoms with van der Waals surface area (Å²) in [4.78, 5) is 55.5. The monoisotopic (exact) mass is 873 g/mol. The molecule has 0 saturated carbocycles. The molecule has 2 saturated heterocycles. The number of allylic oxidation sites excluding steroid dienone is 4. The number of ether oxygens (including phenoxy) is 4. The second-order valence-corrected chi connectivity index (χ2v) is 17.5. The fourth-order valence-corrected chi connectivity index (χ4v) is 9.11. The van der Waals surface area contributed by atoms with Crippen LogP contribution in [0, 0.1) is 0 Å². The van der Waals surface area contributed by atoms with Crippen molar-refractivity contribution in [2.24, 2.45) is 0 Å². The number of hydrogen-bond donors (Lipinski definition) is 2. The van der Waals surface area contributed by atoms with Crippen LogP contribution in [0.15, 0.2) is 97.8 Å². The van der Waals surface area contributed by atoms with Crippen LogP contribution in [-0.2, 0) is 41.9 Å². The first-order chi connectivity index (χ1) is 30.5. The van der Waals surface area contributed by atoms with Crippen LogP contribution in [0.3, 0.4) is 0 Å². The average Bonchev–Trinajstić information content (AvgIpc) is 3.93. The van der Waals surface area contributed by atoms with Gasteiger partial charge in [-0.25, -0.2) is 19.6 Å². The number of amides is 3. The fourth-order valence-electron chi connectivity index (χ4n) is 9.11. The number of aromatic amines is 1. The SMILES string of the molecule is C=CC=CC=CC(NC(=O)OC)C(=O)N(Cc1nc2ccc(-c3ccc4c(c3)C(F)(F)c3cc(-c5cnc6n5C65CCCN5C(=O)OC(C)(C)C)ccc3-4)cc2[nH]1)CC1(C)OCCO1. The second kappa shape index (κ2) is 15.9. The highest BCUT2D eigenvalue weighted by Crippen LogP contribution is 2.56. The lowest BCUT2D eigenvalue weighted by Crippen LogP contribution is -2.52. The maximum atomic E-state index is 16.6. The van der Waals surface area contributed by atoms with Gasteiger partial charge in [-0.3, -0.25) is 14.3 Å². The van der Waals surface area contributed by atoms with Gasteiger partial charge < -0.3 is 34.1 Å². The molecule has 2 N–H and O–H groups in total. The van der Waals surface area contributed by atoms with E-state index >= 15 is 8.78 Å². The Labute approximate surface area is 368 Å². The van der Waals surface area contributed by atoms with Gasteiger partial charge in [0.25, 0.3) is 5.92 Å². The number of alkyl halides is 2. The first-order valence-corrected chi connectivity index (χ1v) is 21.2. The van der Waals surface area contributed by atoms with Crippen molar-refractivity contribution in [3.8, 4) is 33.5 Å². The molecule has 0 radical (unpaired) electrons. The van der Waals surface area contributed by atoms with Gasteiger partial charge in [-0.15, -0.1) is 0 Å². The van der Waals surface area contributed by atoms with E-state index in [-0.39, 0.29) is 24.2 Å². The van der Waals surface area contributed by atoms with Crippen molar-refractivity contribution in [2.45, 2.75) is 76.1 Å². The smallest absolute Gasteiger partial charge is 0.412 e. The van der Waals surface area contributed by atoms with Crippen molar-refractivity contribution in [2.75, 3.05) is 33.4 Å². The highest BCUT2D eigenvalue weighted by Gasteiger charge is 2.63. The predicted octanol–water partition coefficient (Wildman–Crippen LogP) is 8.37. The molecule has 9 rings (SSSR count). The van der Waals surface area contributed by atoms with Crippen LogP contribution >= 0.6 is 0 Å². The summed E-state index contributed by atoms with van der Waals surface area (Å²) in [6.45, 7) is 12.1. The number of benzene rings is 3. The summed E-state index contributed by atoms with van der Waals surface area (Å²) in [6.07, 6.45) is 10.0. The summed E-state index contributed by atoms with van der Waals surface area (Å²) < 4.78 is 57.5. The molecule has 3 amide bonds. The molecule has 64 heavy (non-hydrogen) atoms. The minimum atomic E-state index is -3.30. The van der Waals surface area contributed by atoms with Gasteiger partial charge in [-0.1, -0.05) is 67.3 Å². The van der Waals surface area contributed by atoms with E-state index in [2.05, 4.69) is 21.9 Å². The molecule has 332 valence electrons. The molecule has 14 nitrogen and oxygen atoms in total. The van der Waals surface area contributed by atoms with Crippen LogP contribution in [-0.4, -0.2) is 98.3 Å². The van der Waals surface area contributed by atoms with E-state index in [1.54, 1.807) is 66.6 Å². The highest BCUT2D eigenvalue weighted by molar-refractivity contribution is 5.89. The number of H-pyrrole nitrogens is 1. The van der Waals surface area contributed by atoms with E-state index in [0.29, 0.717) is 76.5 Å². The molecule has 1 aliphatic carbocycles. The molecule has 2 aromatic heterocycles. The van der Waals surface area contributed by atoms with E-state index in [1.165, 1.54) is 24.2 Å². The van der Waals surface area contributed by atoms with Crippen molar-refractivity contribution >= 4 is 29.1 Å². The van der Waals surface area contributed by atoms with E-state index in [1.807, 2.05) is 49.6 Å². The molecule has 3 aromatic carbocycles. The Morgan fingerprint density at radius 3 is 2.39 bits per heavy atom. The number of nitrogens with zero attached hydrogens (tertiary/aromatic N) is 5. The van der Waals surface area contributed by atoms with Crippen LogP contribution in [0.4, 0.5) is 18.4 Å². The number of alkyl carbamates (subject to hydrolysis) is 1. The third kappa shape index (κ3) is 7.53. The van der Waals surface area contributed by atoms with Crippen LogP contribution in [0.25, 0.3) is 44.5 Å². The Kier molecular flexibility index (Phi) is 10.6. The van der Waals surface area contributed by atoms with Crippen molar-refractivity contribution in [3.05, 3.63) is 121 Å². The maximum Gasteiger partial charge on any atom is 0.412 e. The number of aromatic nitrogens is 4. The molecule has 2 fully saturated rings. The summed E-state index contributed by atoms with van der Waals surface area (Å²) in [5.74, 6) is -3.70. The van der Waals surface area contributed by atoms with Gasteiger partial charge >= 0.3 is 12.2 Å². The molecular formula is C48H49F2N7O7. The molecule has 5 heterocycles. The molecule has 2 unspecified atom stereocenters. The molecule has 0 bridgehead atoms. The Bertz CT molecular complexity index is 2760. The zero-order valence-corrected chi connectivity index (χ0v) is 36.2. The number of hydrogen-bond acceptors (Lipinski definition) is 9. The Morgan fingerprint density at radius 2 is 1.69 bits per heavy atom. The lowest BCUT2D eigenvalue weighted by Gasteiger charge is -2.32. The number of likely N-dealkylation sites (tertiary alicyclic amines) is 1. The Balaban J connectivity index is 0.967. The predicted molar refractivity (Wildman–Crippen MR) is 234 cm³/mol. The summed E-state index contributed by atoms with van der Waals surface area (Å²) in [7, 11) is 1.21. The summed E-state index contributed by atoms with van der Waals surface area (Å²) in [5, 5.41) is 2.58. The van der Waals surface area contributed by atoms with E-state index in [4.69, 9.17) is 23.9 Å². The van der Waals surface area contributed by atoms with E-state index < -0.39 is 47.1 Å². The molecular weight excluding hydrogens is 825 g/mol. The lowest BCUT2D eigenvalue weighted by molar-refractivity contribution is -0.167. The Morgan fingerprint density at radius 1 is 1.00 bits per heavy atom. The van der Waals surface area contributed by atoms with Crippen LogP contribution in [0.2, 0.25) is 0 Å². The molecule has 2 atom stereocenters. The standard InChI is InChI=1S/C48H49F2N7O7/c1-7-8-9-10-12-37(54-43(59)61-6)41(58)55(28-46(5)62-21-22-63-46)27-40-52-36-18-15-30(25-38(36)53-40)29-13-16-32-33-17-14-31(24-35(33)48(49,50)34(32)23-29)39-26-51-42-47(57(39)42)19-11-20-56(47)44(60)64-45(2,3)4/h7-10,12-18,23-26,37H,1,11,19-22,27-28H2,2-6H3,(H,52,53)(H,54,59). The molecule has 4 aliphatic rings. The van der Waals surface area contributed by atoms with Gasteiger partial charge in [0, 0.05) is 23.2 Å². The van der Waals surface area contributed by atoms with Crippen molar-refractivity contribution < 1.29 is 42.1 Å². The van der Waals surface area contributed by atoms with Crippen LogP contribution in [0.1, 0.15) is 63.3 Å². The zero-order chi connectivity index (χ0) is 45.2.